The topological polar surface area (TPSA) is 80.4 Å². The minimum absolute atomic E-state index is 0.557. The summed E-state index contributed by atoms with van der Waals surface area (Å²) >= 11 is 0. The molecule has 0 radical (unpaired) electrons. The third kappa shape index (κ3) is 8.83. The first-order valence-corrected chi connectivity index (χ1v) is 17.7. The van der Waals surface area contributed by atoms with Gasteiger partial charge in [0.25, 0.3) is 0 Å². The Bertz CT molecular complexity index is 583. The molecule has 0 bridgehead atoms. The quantitative estimate of drug-likeness (QED) is 0.219. The Morgan fingerprint density at radius 1 is 0.571 bits per heavy atom. The molecule has 2 aliphatic heterocycles. The van der Waals surface area contributed by atoms with Gasteiger partial charge in [0.2, 0.25) is 0 Å². The summed E-state index contributed by atoms with van der Waals surface area (Å²) in [6.45, 7) is 8.06. The number of rotatable bonds is 15. The summed E-state index contributed by atoms with van der Waals surface area (Å²) in [5.41, 5.74) is 0. The Labute approximate surface area is 215 Å². The van der Waals surface area contributed by atoms with Crippen molar-refractivity contribution in [3.8, 4) is 0 Å². The van der Waals surface area contributed by atoms with E-state index in [1.54, 1.807) is 21.3 Å². The number of epoxide rings is 2. The molecule has 206 valence electrons. The second kappa shape index (κ2) is 14.3. The van der Waals surface area contributed by atoms with Gasteiger partial charge in [-0.1, -0.05) is 0 Å². The van der Waals surface area contributed by atoms with E-state index in [2.05, 4.69) is 0 Å². The molecule has 0 spiro atoms. The van der Waals surface area contributed by atoms with Crippen LogP contribution >= 0.6 is 0 Å². The van der Waals surface area contributed by atoms with Gasteiger partial charge in [0.05, 0.1) is 24.4 Å². The van der Waals surface area contributed by atoms with E-state index in [1.165, 1.54) is 38.5 Å². The van der Waals surface area contributed by atoms with Crippen LogP contribution in [0.5, 0.6) is 0 Å². The van der Waals surface area contributed by atoms with Crippen LogP contribution in [0.15, 0.2) is 0 Å². The molecule has 2 saturated heterocycles. The van der Waals surface area contributed by atoms with Crippen LogP contribution in [-0.4, -0.2) is 83.2 Å². The van der Waals surface area contributed by atoms with Crippen molar-refractivity contribution in [3.63, 3.8) is 0 Å². The smallest absolute Gasteiger partial charge is 0.377 e. The van der Waals surface area contributed by atoms with Crippen molar-refractivity contribution in [2.75, 3.05) is 41.2 Å². The molecule has 6 unspecified atom stereocenters. The zero-order chi connectivity index (χ0) is 25.3. The van der Waals surface area contributed by atoms with Crippen LogP contribution in [0.3, 0.4) is 0 Å². The van der Waals surface area contributed by atoms with E-state index < -0.39 is 17.6 Å². The van der Waals surface area contributed by atoms with Crippen LogP contribution < -0.4 is 0 Å². The summed E-state index contributed by atoms with van der Waals surface area (Å²) in [6, 6.07) is 1.86. The van der Waals surface area contributed by atoms with Crippen molar-refractivity contribution >= 4 is 17.6 Å². The van der Waals surface area contributed by atoms with Gasteiger partial charge in [0.15, 0.2) is 0 Å². The van der Waals surface area contributed by atoms with Gasteiger partial charge in [-0.15, -0.1) is 0 Å². The number of hydrogen-bond donors (Lipinski definition) is 0. The fourth-order valence-electron chi connectivity index (χ4n) is 5.82. The fraction of sp³-hybridized carbons (Fsp3) is 1.00. The predicted octanol–water partition coefficient (Wildman–Crippen LogP) is 4.81. The maximum absolute atomic E-state index is 5.90. The van der Waals surface area contributed by atoms with E-state index in [4.69, 9.17) is 36.0 Å². The second-order valence-corrected chi connectivity index (χ2v) is 16.0. The molecule has 0 N–H and O–H groups in total. The van der Waals surface area contributed by atoms with E-state index >= 15 is 0 Å². The van der Waals surface area contributed by atoms with Gasteiger partial charge in [0.1, 0.15) is 0 Å². The third-order valence-corrected chi connectivity index (χ3v) is 13.8. The van der Waals surface area contributed by atoms with Gasteiger partial charge in [-0.2, -0.15) is 0 Å². The van der Waals surface area contributed by atoms with E-state index in [0.29, 0.717) is 44.2 Å². The highest BCUT2D eigenvalue weighted by molar-refractivity contribution is 6.61. The van der Waals surface area contributed by atoms with Crippen molar-refractivity contribution < 1.29 is 36.0 Å². The molecule has 35 heavy (non-hydrogen) atoms. The highest BCUT2D eigenvalue weighted by Gasteiger charge is 2.47. The SMILES string of the molecule is CCO[Si](CCC1CCC2OC2C1)(OCC)OCC.CO[Si](CCC1CCC2OC2C1)(OC)OC. The first-order chi connectivity index (χ1) is 17.0. The average molecular weight is 535 g/mol. The van der Waals surface area contributed by atoms with Crippen LogP contribution in [0.1, 0.15) is 72.1 Å². The summed E-state index contributed by atoms with van der Waals surface area (Å²) in [4.78, 5) is 0. The Balaban J connectivity index is 0.000000198. The van der Waals surface area contributed by atoms with E-state index in [9.17, 15) is 0 Å². The average Bonchev–Trinajstić information content (AvgIpc) is 3.79. The standard InChI is InChI=1S/C14H28O4Si.C11H22O4Si/c1-4-15-19(16-5-2,17-6-3)10-9-12-7-8-13-14(11-12)18-13;1-12-16(13-2,14-3)7-6-9-4-5-10-11(8-9)15-10/h12-14H,4-11H2,1-3H3;9-11H,4-8H2,1-3H3. The highest BCUT2D eigenvalue weighted by atomic mass is 28.4. The molecule has 2 saturated carbocycles. The largest absolute Gasteiger partial charge is 0.500 e. The van der Waals surface area contributed by atoms with Gasteiger partial charge < -0.3 is 36.0 Å². The lowest BCUT2D eigenvalue weighted by Gasteiger charge is -2.30. The molecule has 4 aliphatic rings. The van der Waals surface area contributed by atoms with E-state index in [0.717, 1.165) is 36.8 Å². The van der Waals surface area contributed by atoms with Gasteiger partial charge in [0, 0.05) is 53.2 Å². The molecular formula is C25H50O8Si2. The first kappa shape index (κ1) is 29.7. The Kier molecular flexibility index (Phi) is 12.1. The number of ether oxygens (including phenoxy) is 2. The fourth-order valence-corrected chi connectivity index (χ4v) is 10.5. The Morgan fingerprint density at radius 2 is 0.971 bits per heavy atom. The minimum atomic E-state index is -2.43. The monoisotopic (exact) mass is 534 g/mol. The molecule has 4 fully saturated rings. The van der Waals surface area contributed by atoms with Crippen LogP contribution in [0.25, 0.3) is 0 Å². The maximum Gasteiger partial charge on any atom is 0.500 e. The summed E-state index contributed by atoms with van der Waals surface area (Å²) in [5, 5.41) is 0. The summed E-state index contributed by atoms with van der Waals surface area (Å²) in [6.07, 6.45) is 12.1. The van der Waals surface area contributed by atoms with Gasteiger partial charge in [-0.05, 0) is 84.0 Å². The van der Waals surface area contributed by atoms with E-state index in [1.807, 2.05) is 20.8 Å². The summed E-state index contributed by atoms with van der Waals surface area (Å²) in [5.74, 6) is 1.52. The van der Waals surface area contributed by atoms with Crippen molar-refractivity contribution in [2.45, 2.75) is 109 Å². The Hall–Kier alpha value is 0.114. The van der Waals surface area contributed by atoms with Gasteiger partial charge >= 0.3 is 17.6 Å². The molecule has 0 aromatic carbocycles. The zero-order valence-corrected chi connectivity index (χ0v) is 24.9. The van der Waals surface area contributed by atoms with Crippen molar-refractivity contribution in [1.82, 2.24) is 0 Å². The molecule has 0 amide bonds. The molecule has 2 aliphatic carbocycles. The molecule has 2 heterocycles. The number of fused-ring (bicyclic) bond motifs is 2. The summed E-state index contributed by atoms with van der Waals surface area (Å²) < 4.78 is 45.1. The van der Waals surface area contributed by atoms with Gasteiger partial charge in [-0.3, -0.25) is 0 Å². The van der Waals surface area contributed by atoms with Crippen LogP contribution in [0, 0.1) is 11.8 Å². The number of hydrogen-bond acceptors (Lipinski definition) is 8. The Morgan fingerprint density at radius 3 is 1.31 bits per heavy atom. The second-order valence-electron chi connectivity index (χ2n) is 10.1. The molecule has 8 nitrogen and oxygen atoms in total. The lowest BCUT2D eigenvalue weighted by Crippen LogP contribution is -2.46. The predicted molar refractivity (Wildman–Crippen MR) is 138 cm³/mol. The molecule has 4 rings (SSSR count). The third-order valence-electron chi connectivity index (χ3n) is 7.97. The lowest BCUT2D eigenvalue weighted by molar-refractivity contribution is 0.0691. The van der Waals surface area contributed by atoms with Crippen molar-refractivity contribution in [2.24, 2.45) is 11.8 Å². The molecule has 10 heteroatoms. The van der Waals surface area contributed by atoms with E-state index in [-0.39, 0.29) is 0 Å². The summed E-state index contributed by atoms with van der Waals surface area (Å²) in [7, 11) is 0.263. The molecule has 0 aromatic rings. The van der Waals surface area contributed by atoms with Crippen molar-refractivity contribution in [1.29, 1.82) is 0 Å². The molecular weight excluding hydrogens is 484 g/mol. The van der Waals surface area contributed by atoms with Crippen LogP contribution in [0.2, 0.25) is 12.1 Å². The normalized spacial score (nSPS) is 31.7. The van der Waals surface area contributed by atoms with Gasteiger partial charge in [-0.25, -0.2) is 0 Å². The molecule has 6 atom stereocenters. The minimum Gasteiger partial charge on any atom is -0.377 e. The molecule has 0 aromatic heterocycles. The highest BCUT2D eigenvalue weighted by Crippen LogP contribution is 2.42. The van der Waals surface area contributed by atoms with Crippen molar-refractivity contribution in [3.05, 3.63) is 0 Å². The first-order valence-electron chi connectivity index (χ1n) is 13.8. The van der Waals surface area contributed by atoms with Crippen LogP contribution in [0.4, 0.5) is 0 Å². The lowest BCUT2D eigenvalue weighted by atomic mass is 9.88. The zero-order valence-electron chi connectivity index (χ0n) is 22.9. The van der Waals surface area contributed by atoms with Crippen LogP contribution in [-0.2, 0) is 36.0 Å². The maximum atomic E-state index is 5.90.